The third-order valence-corrected chi connectivity index (χ3v) is 5.01. The standard InChI is InChI=1S/4C6H8O7.3Mg.3Zn/c4*7-3(8)1-6(13,5(11)12)2-4(9)10;;;;;;/h4*13H,1-2H2,(H,7,8)(H,9,10)(H,11,12);;;;;;/q;;;;6*+2/p-12. The fraction of sp³-hybridized carbons (Fsp3) is 0.500. The predicted molar refractivity (Wildman–Crippen MR) is 134 cm³/mol. The molecule has 0 unspecified atom stereocenters. The van der Waals surface area contributed by atoms with E-state index in [1.807, 2.05) is 0 Å². The Morgan fingerprint density at radius 1 is 0.259 bits per heavy atom. The van der Waals surface area contributed by atoms with Crippen molar-refractivity contribution in [3.8, 4) is 0 Å². The van der Waals surface area contributed by atoms with Crippen molar-refractivity contribution >= 4 is 141 Å². The normalized spacial score (nSPS) is 9.72. The fourth-order valence-electron chi connectivity index (χ4n) is 2.74. The van der Waals surface area contributed by atoms with Crippen LogP contribution in [0, 0.1) is 0 Å². The van der Waals surface area contributed by atoms with Gasteiger partial charge in [0.1, 0.15) is 22.4 Å². The molecule has 0 aliphatic carbocycles. The van der Waals surface area contributed by atoms with E-state index in [2.05, 4.69) is 0 Å². The first-order valence-corrected chi connectivity index (χ1v) is 12.5. The summed E-state index contributed by atoms with van der Waals surface area (Å²) >= 11 is 0. The van der Waals surface area contributed by atoms with E-state index >= 15 is 0 Å². The van der Waals surface area contributed by atoms with Gasteiger partial charge in [0.25, 0.3) is 0 Å². The minimum Gasteiger partial charge on any atom is -0.550 e. The van der Waals surface area contributed by atoms with E-state index in [9.17, 15) is 119 Å². The zero-order valence-corrected chi connectivity index (χ0v) is 42.6. The zero-order valence-electron chi connectivity index (χ0n) is 29.5. The van der Waals surface area contributed by atoms with Crippen molar-refractivity contribution in [2.75, 3.05) is 0 Å². The summed E-state index contributed by atoms with van der Waals surface area (Å²) in [7, 11) is 0. The van der Waals surface area contributed by atoms with Crippen molar-refractivity contribution in [3.63, 3.8) is 0 Å². The number of carbonyl (C=O) groups is 12. The molecule has 0 aliphatic rings. The molecule has 0 bridgehead atoms. The summed E-state index contributed by atoms with van der Waals surface area (Å²) < 4.78 is 0. The molecule has 28 nitrogen and oxygen atoms in total. The molecule has 4 N–H and O–H groups in total. The van der Waals surface area contributed by atoms with Crippen LogP contribution < -0.4 is 61.3 Å². The molecule has 0 radical (unpaired) electrons. The van der Waals surface area contributed by atoms with Gasteiger partial charge in [-0.3, -0.25) is 0 Å². The summed E-state index contributed by atoms with van der Waals surface area (Å²) in [4.78, 5) is 120. The fourth-order valence-corrected chi connectivity index (χ4v) is 2.74. The van der Waals surface area contributed by atoms with Crippen molar-refractivity contribution in [2.24, 2.45) is 0 Å². The van der Waals surface area contributed by atoms with Gasteiger partial charge in [-0.1, -0.05) is 0 Å². The largest absolute Gasteiger partial charge is 2.00 e. The van der Waals surface area contributed by atoms with Gasteiger partial charge in [-0.2, -0.15) is 0 Å². The van der Waals surface area contributed by atoms with Crippen LogP contribution in [-0.4, -0.2) is 184 Å². The Bertz CT molecular complexity index is 1150. The van der Waals surface area contributed by atoms with Crippen LogP contribution in [0.1, 0.15) is 51.4 Å². The maximum Gasteiger partial charge on any atom is 2.00 e. The van der Waals surface area contributed by atoms with E-state index in [0.29, 0.717) is 0 Å². The molecule has 0 saturated heterocycles. The SMILES string of the molecule is O=C([O-])CC(O)(CC(=O)[O-])C(=O)[O-].O=C([O-])CC(O)(CC(=O)[O-])C(=O)[O-].O=C([O-])CC(O)(CC(=O)[O-])C(=O)[O-].O=C([O-])CC(O)(CC(=O)[O-])C(=O)[O-].[Mg+2].[Mg+2].[Mg+2].[Zn+2].[Zn+2].[Zn+2]. The van der Waals surface area contributed by atoms with Crippen LogP contribution in [-0.2, 0) is 116 Å². The van der Waals surface area contributed by atoms with Gasteiger partial charge < -0.3 is 139 Å². The van der Waals surface area contributed by atoms with Crippen LogP contribution in [0.5, 0.6) is 0 Å². The van der Waals surface area contributed by atoms with Crippen LogP contribution in [0.15, 0.2) is 0 Å². The number of hydrogen-bond acceptors (Lipinski definition) is 28. The Morgan fingerprint density at radius 2 is 0.328 bits per heavy atom. The summed E-state index contributed by atoms with van der Waals surface area (Å²) in [5, 5.41) is 156. The molecule has 0 fully saturated rings. The van der Waals surface area contributed by atoms with Gasteiger partial charge in [0, 0.05) is 99.1 Å². The van der Waals surface area contributed by atoms with Gasteiger partial charge in [0.05, 0.1) is 23.9 Å². The smallest absolute Gasteiger partial charge is 0.550 e. The van der Waals surface area contributed by atoms with Crippen LogP contribution in [0.3, 0.4) is 0 Å². The Morgan fingerprint density at radius 3 is 0.362 bits per heavy atom. The minimum absolute atomic E-state index is 0. The minimum atomic E-state index is -2.97. The Kier molecular flexibility index (Phi) is 50.2. The van der Waals surface area contributed by atoms with E-state index in [1.165, 1.54) is 0 Å². The number of aliphatic carboxylic acids is 12. The van der Waals surface area contributed by atoms with Gasteiger partial charge in [-0.05, 0) is 0 Å². The van der Waals surface area contributed by atoms with Gasteiger partial charge in [0.2, 0.25) is 0 Å². The number of aliphatic hydroxyl groups is 4. The first kappa shape index (κ1) is 79.8. The maximum absolute atomic E-state index is 10.1. The second-order valence-corrected chi connectivity index (χ2v) is 9.67. The Labute approximate surface area is 408 Å². The van der Waals surface area contributed by atoms with Crippen LogP contribution in [0.2, 0.25) is 0 Å². The maximum atomic E-state index is 10.1. The Hall–Kier alpha value is -2.35. The molecule has 34 heteroatoms. The molecule has 0 spiro atoms. The van der Waals surface area contributed by atoms with Crippen LogP contribution in [0.4, 0.5) is 0 Å². The molecule has 0 heterocycles. The first-order chi connectivity index (χ1) is 23.1. The van der Waals surface area contributed by atoms with Gasteiger partial charge in [-0.25, -0.2) is 0 Å². The third-order valence-electron chi connectivity index (χ3n) is 5.01. The summed E-state index contributed by atoms with van der Waals surface area (Å²) in [5.74, 6) is -23.9. The van der Waals surface area contributed by atoms with Crippen molar-refractivity contribution in [2.45, 2.75) is 73.8 Å². The van der Waals surface area contributed by atoms with Gasteiger partial charge in [0.15, 0.2) is 0 Å². The molecule has 0 atom stereocenters. The van der Waals surface area contributed by atoms with E-state index in [0.717, 1.165) is 0 Å². The van der Waals surface area contributed by atoms with Crippen molar-refractivity contribution < 1.29 is 198 Å². The number of hydrogen-bond donors (Lipinski definition) is 4. The van der Waals surface area contributed by atoms with Crippen molar-refractivity contribution in [1.29, 1.82) is 0 Å². The van der Waals surface area contributed by atoms with Crippen LogP contribution in [0.25, 0.3) is 0 Å². The molecule has 0 amide bonds. The van der Waals surface area contributed by atoms with Crippen LogP contribution >= 0.6 is 0 Å². The Balaban J connectivity index is -0.0000000640. The molecular formula is C24H20Mg3O28Zn3. The topological polar surface area (TPSA) is 562 Å². The quantitative estimate of drug-likeness (QED) is 0.0823. The number of rotatable bonds is 20. The second-order valence-electron chi connectivity index (χ2n) is 9.67. The second kappa shape index (κ2) is 36.5. The molecule has 58 heavy (non-hydrogen) atoms. The van der Waals surface area contributed by atoms with E-state index in [1.54, 1.807) is 0 Å². The number of carbonyl (C=O) groups excluding carboxylic acids is 12. The predicted octanol–water partition coefficient (Wildman–Crippen LogP) is -22.2. The number of carboxylic acid groups (broad SMARTS) is 12. The zero-order chi connectivity index (χ0) is 42.6. The molecule has 0 saturated carbocycles. The van der Waals surface area contributed by atoms with Gasteiger partial charge in [-0.15, -0.1) is 0 Å². The van der Waals surface area contributed by atoms with E-state index in [-0.39, 0.29) is 128 Å². The molecule has 0 aromatic carbocycles. The molecule has 0 aromatic rings. The average molecular weight is 1030 g/mol. The molecular weight excluding hydrogens is 1010 g/mol. The van der Waals surface area contributed by atoms with Gasteiger partial charge >= 0.3 is 128 Å². The summed E-state index contributed by atoms with van der Waals surface area (Å²) in [5.41, 5.74) is -11.9. The average Bonchev–Trinajstić information content (AvgIpc) is 2.85. The summed E-state index contributed by atoms with van der Waals surface area (Å²) in [6.45, 7) is 0. The summed E-state index contributed by atoms with van der Waals surface area (Å²) in [6, 6.07) is 0. The van der Waals surface area contributed by atoms with Crippen molar-refractivity contribution in [1.82, 2.24) is 0 Å². The van der Waals surface area contributed by atoms with E-state index < -0.39 is 145 Å². The third kappa shape index (κ3) is 39.1. The van der Waals surface area contributed by atoms with E-state index in [4.69, 9.17) is 20.4 Å². The first-order valence-electron chi connectivity index (χ1n) is 12.5. The molecule has 0 rings (SSSR count). The molecule has 0 aliphatic heterocycles. The summed E-state index contributed by atoms with van der Waals surface area (Å²) in [6.07, 6.45) is -10.9. The monoisotopic (exact) mass is 1020 g/mol. The molecule has 296 valence electrons. The number of carboxylic acids is 12. The van der Waals surface area contributed by atoms with Crippen molar-refractivity contribution in [3.05, 3.63) is 0 Å². The molecule has 0 aromatic heterocycles.